The molecule has 1 aromatic carbocycles. The van der Waals surface area contributed by atoms with Crippen LogP contribution in [0.15, 0.2) is 52.6 Å². The Morgan fingerprint density at radius 2 is 1.77 bits per heavy atom. The van der Waals surface area contributed by atoms with Crippen molar-refractivity contribution >= 4 is 27.3 Å². The van der Waals surface area contributed by atoms with Gasteiger partial charge in [-0.3, -0.25) is 4.98 Å². The highest BCUT2D eigenvalue weighted by Gasteiger charge is 2.32. The lowest BCUT2D eigenvalue weighted by molar-refractivity contribution is -0.274. The van der Waals surface area contributed by atoms with E-state index >= 15 is 0 Å². The van der Waals surface area contributed by atoms with Crippen molar-refractivity contribution in [3.8, 4) is 5.75 Å². The molecule has 162 valence electrons. The first kappa shape index (κ1) is 22.3. The van der Waals surface area contributed by atoms with Gasteiger partial charge in [0.2, 0.25) is 10.0 Å². The van der Waals surface area contributed by atoms with Crippen molar-refractivity contribution in [2.24, 2.45) is 5.16 Å². The van der Waals surface area contributed by atoms with Crippen LogP contribution in [0.5, 0.6) is 5.75 Å². The van der Waals surface area contributed by atoms with E-state index in [-0.39, 0.29) is 24.6 Å². The molecule has 1 fully saturated rings. The first-order valence-corrected chi connectivity index (χ1v) is 10.6. The fourth-order valence-electron chi connectivity index (χ4n) is 2.72. The van der Waals surface area contributed by atoms with E-state index < -0.39 is 22.1 Å². The van der Waals surface area contributed by atoms with Gasteiger partial charge in [-0.15, -0.1) is 13.2 Å². The molecule has 7 nitrogen and oxygen atoms in total. The zero-order valence-corrected chi connectivity index (χ0v) is 17.0. The second kappa shape index (κ2) is 9.19. The summed E-state index contributed by atoms with van der Waals surface area (Å²) in [7, 11) is -3.84. The summed E-state index contributed by atoms with van der Waals surface area (Å²) in [5, 5.41) is 4.55. The van der Waals surface area contributed by atoms with Crippen molar-refractivity contribution in [1.82, 2.24) is 9.29 Å². The van der Waals surface area contributed by atoms with E-state index in [1.54, 1.807) is 12.1 Å². The van der Waals surface area contributed by atoms with Gasteiger partial charge in [-0.1, -0.05) is 16.8 Å². The Hall–Kier alpha value is -2.37. The van der Waals surface area contributed by atoms with Crippen molar-refractivity contribution in [2.45, 2.75) is 30.7 Å². The summed E-state index contributed by atoms with van der Waals surface area (Å²) in [6.45, 7) is 0.532. The molecule has 0 bridgehead atoms. The van der Waals surface area contributed by atoms with Crippen molar-refractivity contribution < 1.29 is 31.2 Å². The van der Waals surface area contributed by atoms with E-state index in [4.69, 9.17) is 16.4 Å². The molecule has 0 atom stereocenters. The largest absolute Gasteiger partial charge is 0.573 e. The highest BCUT2D eigenvalue weighted by molar-refractivity contribution is 7.89. The summed E-state index contributed by atoms with van der Waals surface area (Å²) in [4.78, 5) is 9.24. The summed E-state index contributed by atoms with van der Waals surface area (Å²) in [6.07, 6.45) is -2.59. The quantitative estimate of drug-likeness (QED) is 0.605. The van der Waals surface area contributed by atoms with Crippen LogP contribution >= 0.6 is 11.6 Å². The van der Waals surface area contributed by atoms with Crippen LogP contribution < -0.4 is 4.74 Å². The van der Waals surface area contributed by atoms with Crippen molar-refractivity contribution in [3.05, 3.63) is 53.3 Å². The van der Waals surface area contributed by atoms with E-state index in [0.717, 1.165) is 24.3 Å². The Balaban J connectivity index is 1.54. The smallest absolute Gasteiger partial charge is 0.406 e. The van der Waals surface area contributed by atoms with E-state index in [2.05, 4.69) is 14.9 Å². The number of sulfonamides is 1. The second-order valence-corrected chi connectivity index (χ2v) is 8.70. The maximum Gasteiger partial charge on any atom is 0.573 e. The Morgan fingerprint density at radius 3 is 2.33 bits per heavy atom. The lowest BCUT2D eigenvalue weighted by Gasteiger charge is -2.26. The predicted octanol–water partition coefficient (Wildman–Crippen LogP) is 3.99. The molecule has 0 N–H and O–H groups in total. The minimum absolute atomic E-state index is 0.109. The topological polar surface area (TPSA) is 81.1 Å². The minimum Gasteiger partial charge on any atom is -0.406 e. The number of nitrogens with zero attached hydrogens (tertiary/aromatic N) is 3. The van der Waals surface area contributed by atoms with Gasteiger partial charge in [-0.2, -0.15) is 4.31 Å². The van der Waals surface area contributed by atoms with Gasteiger partial charge in [0.1, 0.15) is 5.75 Å². The number of pyridine rings is 1. The third kappa shape index (κ3) is 6.07. The zero-order valence-electron chi connectivity index (χ0n) is 15.5. The third-order valence-electron chi connectivity index (χ3n) is 4.19. The van der Waals surface area contributed by atoms with Gasteiger partial charge in [-0.05, 0) is 36.4 Å². The number of halogens is 4. The molecule has 12 heteroatoms. The molecule has 0 radical (unpaired) electrons. The summed E-state index contributed by atoms with van der Waals surface area (Å²) in [5.41, 5.74) is 1.37. The number of oxime groups is 1. The van der Waals surface area contributed by atoms with Gasteiger partial charge in [-0.25, -0.2) is 8.42 Å². The van der Waals surface area contributed by atoms with E-state index in [1.807, 2.05) is 0 Å². The average Bonchev–Trinajstić information content (AvgIpc) is 2.69. The van der Waals surface area contributed by atoms with Gasteiger partial charge in [0.25, 0.3) is 0 Å². The molecule has 0 saturated carbocycles. The lowest BCUT2D eigenvalue weighted by Crippen LogP contribution is -2.38. The van der Waals surface area contributed by atoms with Crippen LogP contribution in [-0.2, 0) is 21.5 Å². The molecule has 1 aliphatic rings. The molecule has 1 saturated heterocycles. The third-order valence-corrected chi connectivity index (χ3v) is 6.33. The highest BCUT2D eigenvalue weighted by atomic mass is 35.5. The molecule has 0 aliphatic carbocycles. The lowest BCUT2D eigenvalue weighted by atomic mass is 10.1. The molecule has 2 aromatic rings. The standard InChI is InChI=1S/C18H17ClF3N3O4S/c19-13-1-2-15(23-11-13)12-28-24-14-7-9-25(10-8-14)30(26,27)17-5-3-16(4-6-17)29-18(20,21)22/h1-6,11H,7-10,12H2. The zero-order chi connectivity index (χ0) is 21.8. The Labute approximate surface area is 176 Å². The molecule has 1 aliphatic heterocycles. The first-order valence-electron chi connectivity index (χ1n) is 8.77. The maximum absolute atomic E-state index is 12.7. The average molecular weight is 464 g/mol. The van der Waals surface area contributed by atoms with Gasteiger partial charge < -0.3 is 9.57 Å². The van der Waals surface area contributed by atoms with Crippen molar-refractivity contribution in [3.63, 3.8) is 0 Å². The van der Waals surface area contributed by atoms with Crippen LogP contribution in [0.1, 0.15) is 18.5 Å². The second-order valence-electron chi connectivity index (χ2n) is 6.32. The SMILES string of the molecule is O=S(=O)(c1ccc(OC(F)(F)F)cc1)N1CCC(=NOCc2ccc(Cl)cn2)CC1. The monoisotopic (exact) mass is 463 g/mol. The summed E-state index contributed by atoms with van der Waals surface area (Å²) in [5.74, 6) is -0.484. The number of hydrogen-bond acceptors (Lipinski definition) is 6. The van der Waals surface area contributed by atoms with Crippen molar-refractivity contribution in [1.29, 1.82) is 0 Å². The van der Waals surface area contributed by atoms with Crippen LogP contribution in [0.4, 0.5) is 13.2 Å². The molecule has 2 heterocycles. The fourth-order valence-corrected chi connectivity index (χ4v) is 4.27. The highest BCUT2D eigenvalue weighted by Crippen LogP contribution is 2.26. The summed E-state index contributed by atoms with van der Waals surface area (Å²) < 4.78 is 67.1. The Bertz CT molecular complexity index is 987. The number of ether oxygens (including phenoxy) is 1. The molecule has 1 aromatic heterocycles. The molecule has 0 spiro atoms. The van der Waals surface area contributed by atoms with Gasteiger partial charge in [0.15, 0.2) is 6.61 Å². The number of hydrogen-bond donors (Lipinski definition) is 0. The van der Waals surface area contributed by atoms with Crippen LogP contribution in [0.25, 0.3) is 0 Å². The van der Waals surface area contributed by atoms with E-state index in [1.165, 1.54) is 10.5 Å². The normalized spacial score (nSPS) is 15.7. The van der Waals surface area contributed by atoms with Gasteiger partial charge in [0, 0.05) is 32.1 Å². The number of piperidine rings is 1. The first-order chi connectivity index (χ1) is 14.1. The number of aromatic nitrogens is 1. The number of alkyl halides is 3. The van der Waals surface area contributed by atoms with Gasteiger partial charge in [0.05, 0.1) is 21.3 Å². The van der Waals surface area contributed by atoms with E-state index in [0.29, 0.717) is 29.3 Å². The molecule has 30 heavy (non-hydrogen) atoms. The molecule has 0 unspecified atom stereocenters. The fraction of sp³-hybridized carbons (Fsp3) is 0.333. The number of rotatable bonds is 6. The van der Waals surface area contributed by atoms with Crippen LogP contribution in [0.2, 0.25) is 5.02 Å². The molecule has 0 amide bonds. The number of benzene rings is 1. The molecular formula is C18H17ClF3N3O4S. The van der Waals surface area contributed by atoms with Crippen LogP contribution in [0, 0.1) is 0 Å². The molecular weight excluding hydrogens is 447 g/mol. The van der Waals surface area contributed by atoms with Crippen molar-refractivity contribution in [2.75, 3.05) is 13.1 Å². The van der Waals surface area contributed by atoms with Crippen LogP contribution in [-0.4, -0.2) is 42.9 Å². The summed E-state index contributed by atoms with van der Waals surface area (Å²) >= 11 is 5.76. The molecule has 3 rings (SSSR count). The Kier molecular flexibility index (Phi) is 6.84. The predicted molar refractivity (Wildman–Crippen MR) is 103 cm³/mol. The van der Waals surface area contributed by atoms with Crippen LogP contribution in [0.3, 0.4) is 0 Å². The minimum atomic E-state index is -4.84. The summed E-state index contributed by atoms with van der Waals surface area (Å²) in [6, 6.07) is 7.50. The van der Waals surface area contributed by atoms with E-state index in [9.17, 15) is 21.6 Å². The maximum atomic E-state index is 12.7. The Morgan fingerprint density at radius 1 is 1.10 bits per heavy atom. The van der Waals surface area contributed by atoms with Gasteiger partial charge >= 0.3 is 6.36 Å².